The Kier molecular flexibility index (Phi) is 5.68. The molecule has 0 aromatic carbocycles. The van der Waals surface area contributed by atoms with Gasteiger partial charge in [-0.15, -0.1) is 0 Å². The average Bonchev–Trinajstić information content (AvgIpc) is 3.05. The number of hydrogen-bond acceptors (Lipinski definition) is 3. The highest BCUT2D eigenvalue weighted by molar-refractivity contribution is 5.88. The minimum Gasteiger partial charge on any atom is -0.481 e. The van der Waals surface area contributed by atoms with Crippen LogP contribution in [0.3, 0.4) is 0 Å². The molecular formula is C26H40O4. The van der Waals surface area contributed by atoms with Crippen LogP contribution < -0.4 is 0 Å². The summed E-state index contributed by atoms with van der Waals surface area (Å²) >= 11 is 0. The van der Waals surface area contributed by atoms with Gasteiger partial charge in [-0.25, -0.2) is 0 Å². The monoisotopic (exact) mass is 416 g/mol. The molecule has 0 saturated heterocycles. The molecule has 0 radical (unpaired) electrons. The van der Waals surface area contributed by atoms with E-state index in [1.807, 2.05) is 0 Å². The minimum absolute atomic E-state index is 0.0475. The molecule has 0 heterocycles. The van der Waals surface area contributed by atoms with Gasteiger partial charge in [-0.3, -0.25) is 14.4 Å². The number of aliphatic carboxylic acids is 1. The number of carbonyl (C=O) groups excluding carboxylic acids is 2. The standard InChI is InChI=1S/C26H40O4/c1-5-17-21-14-16(27)10-12-26(21,4)20-11-13-25(3)18(15(2)6-9-22(28)29)7-8-19(25)23(20)24(17)30/h15,17-21,23H,5-14H2,1-4H3,(H,28,29)/t15-,17+,18-,19+,20+,21+,23+,25-,26-/m1/s1. The molecule has 4 nitrogen and oxygen atoms in total. The van der Waals surface area contributed by atoms with E-state index >= 15 is 0 Å². The molecule has 4 fully saturated rings. The summed E-state index contributed by atoms with van der Waals surface area (Å²) in [6.45, 7) is 9.18. The third-order valence-corrected chi connectivity index (χ3v) is 10.5. The molecule has 0 aromatic rings. The fraction of sp³-hybridized carbons (Fsp3) is 0.885. The topological polar surface area (TPSA) is 71.4 Å². The molecular weight excluding hydrogens is 376 g/mol. The SMILES string of the molecule is CC[C@@H]1C(=O)[C@@H]2[C@H](CC[C@]3(C)[C@@H]([C@H](C)CCC(=O)O)CC[C@@H]23)[C@@]2(C)CCC(=O)C[C@@H]12. The van der Waals surface area contributed by atoms with E-state index in [0.29, 0.717) is 48.1 Å². The number of hydrogen-bond donors (Lipinski definition) is 1. The third-order valence-electron chi connectivity index (χ3n) is 10.5. The van der Waals surface area contributed by atoms with Crippen molar-refractivity contribution in [2.45, 2.75) is 91.9 Å². The Hall–Kier alpha value is -1.19. The van der Waals surface area contributed by atoms with E-state index in [4.69, 9.17) is 5.11 Å². The fourth-order valence-electron chi connectivity index (χ4n) is 8.97. The van der Waals surface area contributed by atoms with E-state index in [9.17, 15) is 14.4 Å². The number of fused-ring (bicyclic) bond motifs is 5. The van der Waals surface area contributed by atoms with Crippen LogP contribution in [0.5, 0.6) is 0 Å². The van der Waals surface area contributed by atoms with Gasteiger partial charge < -0.3 is 5.11 Å². The second kappa shape index (κ2) is 7.74. The first-order valence-electron chi connectivity index (χ1n) is 12.4. The van der Waals surface area contributed by atoms with Gasteiger partial charge in [0.1, 0.15) is 11.6 Å². The van der Waals surface area contributed by atoms with Gasteiger partial charge in [0.2, 0.25) is 0 Å². The smallest absolute Gasteiger partial charge is 0.303 e. The summed E-state index contributed by atoms with van der Waals surface area (Å²) in [5.74, 6) is 2.34. The highest BCUT2D eigenvalue weighted by Crippen LogP contribution is 2.68. The molecule has 0 amide bonds. The van der Waals surface area contributed by atoms with Crippen molar-refractivity contribution in [2.75, 3.05) is 0 Å². The summed E-state index contributed by atoms with van der Waals surface area (Å²) in [7, 11) is 0. The van der Waals surface area contributed by atoms with E-state index in [0.717, 1.165) is 44.9 Å². The van der Waals surface area contributed by atoms with E-state index in [1.54, 1.807) is 0 Å². The van der Waals surface area contributed by atoms with Crippen molar-refractivity contribution in [3.8, 4) is 0 Å². The molecule has 168 valence electrons. The highest BCUT2D eigenvalue weighted by Gasteiger charge is 2.65. The predicted octanol–water partition coefficient (Wildman–Crippen LogP) is 5.53. The van der Waals surface area contributed by atoms with E-state index < -0.39 is 5.97 Å². The van der Waals surface area contributed by atoms with Crippen molar-refractivity contribution < 1.29 is 19.5 Å². The van der Waals surface area contributed by atoms with Crippen LogP contribution in [-0.2, 0) is 14.4 Å². The van der Waals surface area contributed by atoms with Crippen LogP contribution in [0.25, 0.3) is 0 Å². The van der Waals surface area contributed by atoms with Crippen molar-refractivity contribution in [1.82, 2.24) is 0 Å². The average molecular weight is 417 g/mol. The van der Waals surface area contributed by atoms with Crippen LogP contribution in [0.2, 0.25) is 0 Å². The Morgan fingerprint density at radius 2 is 1.77 bits per heavy atom. The summed E-state index contributed by atoms with van der Waals surface area (Å²) in [4.78, 5) is 37.3. The molecule has 4 aliphatic rings. The lowest BCUT2D eigenvalue weighted by molar-refractivity contribution is -0.169. The molecule has 0 aliphatic heterocycles. The first-order valence-corrected chi connectivity index (χ1v) is 12.4. The van der Waals surface area contributed by atoms with Crippen molar-refractivity contribution in [3.63, 3.8) is 0 Å². The zero-order valence-electron chi connectivity index (χ0n) is 19.3. The van der Waals surface area contributed by atoms with Crippen LogP contribution in [0, 0.1) is 52.3 Å². The normalized spacial score (nSPS) is 46.7. The van der Waals surface area contributed by atoms with Gasteiger partial charge >= 0.3 is 5.97 Å². The van der Waals surface area contributed by atoms with E-state index in [1.165, 1.54) is 0 Å². The van der Waals surface area contributed by atoms with Crippen LogP contribution in [-0.4, -0.2) is 22.6 Å². The molecule has 0 unspecified atom stereocenters. The maximum Gasteiger partial charge on any atom is 0.303 e. The molecule has 4 aliphatic carbocycles. The molecule has 0 aromatic heterocycles. The summed E-state index contributed by atoms with van der Waals surface area (Å²) in [5, 5.41) is 9.14. The first-order chi connectivity index (χ1) is 14.1. The molecule has 0 bridgehead atoms. The molecule has 4 saturated carbocycles. The minimum atomic E-state index is -0.704. The number of Topliss-reactive ketones (excluding diaryl/α,β-unsaturated/α-hetero) is 2. The molecule has 4 heteroatoms. The molecule has 30 heavy (non-hydrogen) atoms. The van der Waals surface area contributed by atoms with Crippen molar-refractivity contribution in [2.24, 2.45) is 52.3 Å². The third kappa shape index (κ3) is 3.19. The van der Waals surface area contributed by atoms with Gasteiger partial charge in [-0.1, -0.05) is 27.7 Å². The van der Waals surface area contributed by atoms with Crippen LogP contribution in [0.1, 0.15) is 91.9 Å². The lowest BCUT2D eigenvalue weighted by Gasteiger charge is -2.61. The number of carbonyl (C=O) groups is 3. The summed E-state index contributed by atoms with van der Waals surface area (Å²) in [5.41, 5.74) is 0.280. The number of ketones is 2. The van der Waals surface area contributed by atoms with Gasteiger partial charge in [0, 0.05) is 31.1 Å². The molecule has 9 atom stereocenters. The van der Waals surface area contributed by atoms with Crippen LogP contribution in [0.4, 0.5) is 0 Å². The zero-order valence-corrected chi connectivity index (χ0v) is 19.3. The Morgan fingerprint density at radius 3 is 2.43 bits per heavy atom. The van der Waals surface area contributed by atoms with Gasteiger partial charge in [-0.2, -0.15) is 0 Å². The second-order valence-electron chi connectivity index (χ2n) is 11.6. The number of carboxylic acid groups (broad SMARTS) is 1. The zero-order chi connectivity index (χ0) is 21.8. The van der Waals surface area contributed by atoms with Crippen molar-refractivity contribution in [1.29, 1.82) is 0 Å². The highest BCUT2D eigenvalue weighted by atomic mass is 16.4. The molecule has 1 N–H and O–H groups in total. The maximum absolute atomic E-state index is 13.9. The van der Waals surface area contributed by atoms with E-state index in [-0.39, 0.29) is 35.0 Å². The molecule has 4 rings (SSSR count). The Bertz CT molecular complexity index is 729. The summed E-state index contributed by atoms with van der Waals surface area (Å²) in [6, 6.07) is 0. The summed E-state index contributed by atoms with van der Waals surface area (Å²) in [6.07, 6.45) is 8.61. The quantitative estimate of drug-likeness (QED) is 0.639. The van der Waals surface area contributed by atoms with Gasteiger partial charge in [-0.05, 0) is 85.4 Å². The molecule has 0 spiro atoms. The summed E-state index contributed by atoms with van der Waals surface area (Å²) < 4.78 is 0. The largest absolute Gasteiger partial charge is 0.481 e. The Balaban J connectivity index is 1.63. The number of rotatable bonds is 5. The fourth-order valence-corrected chi connectivity index (χ4v) is 8.97. The van der Waals surface area contributed by atoms with Crippen molar-refractivity contribution >= 4 is 17.5 Å². The van der Waals surface area contributed by atoms with Crippen LogP contribution >= 0.6 is 0 Å². The van der Waals surface area contributed by atoms with Gasteiger partial charge in [0.15, 0.2) is 0 Å². The lowest BCUT2D eigenvalue weighted by atomic mass is 9.42. The van der Waals surface area contributed by atoms with E-state index in [2.05, 4.69) is 27.7 Å². The second-order valence-corrected chi connectivity index (χ2v) is 11.6. The van der Waals surface area contributed by atoms with Crippen LogP contribution in [0.15, 0.2) is 0 Å². The predicted molar refractivity (Wildman–Crippen MR) is 116 cm³/mol. The Labute approximate surface area is 181 Å². The first kappa shape index (κ1) is 22.0. The van der Waals surface area contributed by atoms with Gasteiger partial charge in [0.25, 0.3) is 0 Å². The van der Waals surface area contributed by atoms with Gasteiger partial charge in [0.05, 0.1) is 0 Å². The Morgan fingerprint density at radius 1 is 1.07 bits per heavy atom. The number of carboxylic acids is 1. The van der Waals surface area contributed by atoms with Crippen molar-refractivity contribution in [3.05, 3.63) is 0 Å². The lowest BCUT2D eigenvalue weighted by Crippen LogP contribution is -2.60. The maximum atomic E-state index is 13.9.